The molecule has 30 heavy (non-hydrogen) atoms. The van der Waals surface area contributed by atoms with Crippen molar-refractivity contribution in [1.29, 1.82) is 0 Å². The summed E-state index contributed by atoms with van der Waals surface area (Å²) < 4.78 is 12.0. The number of hydrogen-bond donors (Lipinski definition) is 2. The maximum Gasteiger partial charge on any atom is 0.316 e. The van der Waals surface area contributed by atoms with E-state index in [4.69, 9.17) is 20.9 Å². The highest BCUT2D eigenvalue weighted by Gasteiger charge is 2.15. The molecule has 0 unspecified atom stereocenters. The summed E-state index contributed by atoms with van der Waals surface area (Å²) in [5.74, 6) is -0.195. The van der Waals surface area contributed by atoms with E-state index in [1.54, 1.807) is 30.3 Å². The number of benzene rings is 2. The molecule has 0 aliphatic carbocycles. The standard InChI is InChI=1S/C19H15Br2ClN4O4/c20-12-3-6-15(14(21)9-12)29-10-16(27)23-7-8-24-18(28)19-25-17(26-30-19)11-1-4-13(22)5-2-11/h1-6,9H,7-8,10H2,(H,23,27)(H,24,28). The SMILES string of the molecule is O=C(COc1ccc(Br)cc1Br)NCCNC(=O)c1nc(-c2ccc(Cl)cc2)no1. The zero-order chi connectivity index (χ0) is 21.5. The van der Waals surface area contributed by atoms with Gasteiger partial charge in [-0.25, -0.2) is 0 Å². The molecule has 11 heteroatoms. The minimum Gasteiger partial charge on any atom is -0.483 e. The lowest BCUT2D eigenvalue weighted by atomic mass is 10.2. The Labute approximate surface area is 193 Å². The fourth-order valence-corrected chi connectivity index (χ4v) is 3.56. The highest BCUT2D eigenvalue weighted by Crippen LogP contribution is 2.28. The van der Waals surface area contributed by atoms with Crippen LogP contribution in [0.1, 0.15) is 10.7 Å². The molecule has 3 rings (SSSR count). The van der Waals surface area contributed by atoms with Crippen molar-refractivity contribution in [3.8, 4) is 17.1 Å². The van der Waals surface area contributed by atoms with Crippen LogP contribution in [0, 0.1) is 0 Å². The van der Waals surface area contributed by atoms with Gasteiger partial charge < -0.3 is 19.9 Å². The molecule has 0 saturated carbocycles. The van der Waals surface area contributed by atoms with Crippen molar-refractivity contribution in [2.75, 3.05) is 19.7 Å². The van der Waals surface area contributed by atoms with Gasteiger partial charge in [0.2, 0.25) is 5.82 Å². The van der Waals surface area contributed by atoms with Gasteiger partial charge >= 0.3 is 11.8 Å². The lowest BCUT2D eigenvalue weighted by Gasteiger charge is -2.09. The molecule has 0 fully saturated rings. The molecule has 2 amide bonds. The first kappa shape index (κ1) is 22.3. The average molecular weight is 559 g/mol. The molecule has 0 saturated heterocycles. The number of hydrogen-bond acceptors (Lipinski definition) is 6. The van der Waals surface area contributed by atoms with Crippen LogP contribution >= 0.6 is 43.5 Å². The number of halogens is 3. The van der Waals surface area contributed by atoms with Crippen molar-refractivity contribution in [2.24, 2.45) is 0 Å². The van der Waals surface area contributed by atoms with Crippen molar-refractivity contribution in [1.82, 2.24) is 20.8 Å². The van der Waals surface area contributed by atoms with E-state index in [0.29, 0.717) is 16.3 Å². The molecular formula is C19H15Br2ClN4O4. The predicted molar refractivity (Wildman–Crippen MR) is 117 cm³/mol. The van der Waals surface area contributed by atoms with Gasteiger partial charge in [-0.3, -0.25) is 9.59 Å². The first-order chi connectivity index (χ1) is 14.4. The lowest BCUT2D eigenvalue weighted by Crippen LogP contribution is -2.36. The molecular weight excluding hydrogens is 543 g/mol. The largest absolute Gasteiger partial charge is 0.483 e. The summed E-state index contributed by atoms with van der Waals surface area (Å²) in [6, 6.07) is 12.2. The number of aromatic nitrogens is 2. The normalized spacial score (nSPS) is 10.5. The highest BCUT2D eigenvalue weighted by atomic mass is 79.9. The lowest BCUT2D eigenvalue weighted by molar-refractivity contribution is -0.123. The molecule has 8 nitrogen and oxygen atoms in total. The molecule has 1 aromatic heterocycles. The van der Waals surface area contributed by atoms with Crippen LogP contribution in [0.15, 0.2) is 55.9 Å². The fraction of sp³-hybridized carbons (Fsp3) is 0.158. The van der Waals surface area contributed by atoms with Crippen LogP contribution in [0.2, 0.25) is 5.02 Å². The summed E-state index contributed by atoms with van der Waals surface area (Å²) in [7, 11) is 0. The van der Waals surface area contributed by atoms with Gasteiger partial charge in [0.25, 0.3) is 5.91 Å². The van der Waals surface area contributed by atoms with E-state index in [1.807, 2.05) is 12.1 Å². The average Bonchev–Trinajstić information content (AvgIpc) is 3.21. The molecule has 156 valence electrons. The maximum atomic E-state index is 12.1. The van der Waals surface area contributed by atoms with E-state index in [1.165, 1.54) is 0 Å². The van der Waals surface area contributed by atoms with Gasteiger partial charge in [0.15, 0.2) is 6.61 Å². The maximum absolute atomic E-state index is 12.1. The molecule has 0 atom stereocenters. The predicted octanol–water partition coefficient (Wildman–Crippen LogP) is 3.84. The summed E-state index contributed by atoms with van der Waals surface area (Å²) in [5.41, 5.74) is 0.673. The monoisotopic (exact) mass is 556 g/mol. The van der Waals surface area contributed by atoms with E-state index in [9.17, 15) is 9.59 Å². The Morgan fingerprint density at radius 3 is 2.53 bits per heavy atom. The quantitative estimate of drug-likeness (QED) is 0.407. The van der Waals surface area contributed by atoms with Crippen LogP contribution in [0.3, 0.4) is 0 Å². The van der Waals surface area contributed by atoms with Crippen LogP contribution in [0.5, 0.6) is 5.75 Å². The first-order valence-electron chi connectivity index (χ1n) is 8.65. The van der Waals surface area contributed by atoms with Crippen LogP contribution in [0.4, 0.5) is 0 Å². The Kier molecular flexibility index (Phi) is 7.83. The van der Waals surface area contributed by atoms with Crippen LogP contribution < -0.4 is 15.4 Å². The number of carbonyl (C=O) groups is 2. The van der Waals surface area contributed by atoms with Crippen molar-refractivity contribution in [2.45, 2.75) is 0 Å². The van der Waals surface area contributed by atoms with E-state index in [-0.39, 0.29) is 37.3 Å². The van der Waals surface area contributed by atoms with Crippen molar-refractivity contribution in [3.05, 3.63) is 62.3 Å². The highest BCUT2D eigenvalue weighted by molar-refractivity contribution is 9.11. The van der Waals surface area contributed by atoms with Crippen molar-refractivity contribution < 1.29 is 18.8 Å². The molecule has 0 spiro atoms. The summed E-state index contributed by atoms with van der Waals surface area (Å²) in [4.78, 5) is 28.0. The number of rotatable bonds is 8. The zero-order valence-electron chi connectivity index (χ0n) is 15.3. The number of carbonyl (C=O) groups excluding carboxylic acids is 2. The number of nitrogens with zero attached hydrogens (tertiary/aromatic N) is 2. The summed E-state index contributed by atoms with van der Waals surface area (Å²) >= 11 is 12.5. The van der Waals surface area contributed by atoms with Gasteiger partial charge in [-0.15, -0.1) is 0 Å². The molecule has 0 aliphatic rings. The summed E-state index contributed by atoms with van der Waals surface area (Å²) in [6.45, 7) is 0.251. The minimum absolute atomic E-state index is 0.151. The van der Waals surface area contributed by atoms with Gasteiger partial charge in [0, 0.05) is 28.1 Å². The second-order valence-corrected chi connectivity index (χ2v) is 8.11. The third-order valence-corrected chi connectivity index (χ3v) is 5.07. The first-order valence-corrected chi connectivity index (χ1v) is 10.6. The van der Waals surface area contributed by atoms with Crippen LogP contribution in [-0.4, -0.2) is 41.7 Å². The second-order valence-electron chi connectivity index (χ2n) is 5.90. The summed E-state index contributed by atoms with van der Waals surface area (Å²) in [6.07, 6.45) is 0. The molecule has 3 aromatic rings. The smallest absolute Gasteiger partial charge is 0.316 e. The Balaban J connectivity index is 1.39. The number of ether oxygens (including phenoxy) is 1. The van der Waals surface area contributed by atoms with Crippen molar-refractivity contribution in [3.63, 3.8) is 0 Å². The van der Waals surface area contributed by atoms with Gasteiger partial charge in [-0.2, -0.15) is 4.98 Å². The molecule has 0 aliphatic heterocycles. The molecule has 0 bridgehead atoms. The van der Waals surface area contributed by atoms with Gasteiger partial charge in [-0.05, 0) is 58.4 Å². The Hall–Kier alpha value is -2.43. The Morgan fingerprint density at radius 1 is 1.07 bits per heavy atom. The van der Waals surface area contributed by atoms with E-state index in [2.05, 4.69) is 52.6 Å². The third-order valence-electron chi connectivity index (χ3n) is 3.71. The van der Waals surface area contributed by atoms with Gasteiger partial charge in [0.05, 0.1) is 4.47 Å². The topological polar surface area (TPSA) is 106 Å². The van der Waals surface area contributed by atoms with Crippen LogP contribution in [0.25, 0.3) is 11.4 Å². The third kappa shape index (κ3) is 6.28. The molecule has 2 aromatic carbocycles. The minimum atomic E-state index is -0.535. The molecule has 0 radical (unpaired) electrons. The zero-order valence-corrected chi connectivity index (χ0v) is 19.3. The molecule has 1 heterocycles. The summed E-state index contributed by atoms with van der Waals surface area (Å²) in [5, 5.41) is 9.59. The van der Waals surface area contributed by atoms with Gasteiger partial charge in [-0.1, -0.05) is 32.7 Å². The fourth-order valence-electron chi connectivity index (χ4n) is 2.27. The number of nitrogens with one attached hydrogen (secondary N) is 2. The Morgan fingerprint density at radius 2 is 1.80 bits per heavy atom. The van der Waals surface area contributed by atoms with E-state index in [0.717, 1.165) is 8.95 Å². The van der Waals surface area contributed by atoms with E-state index >= 15 is 0 Å². The Bertz CT molecular complexity index is 1040. The van der Waals surface area contributed by atoms with Crippen LogP contribution in [-0.2, 0) is 4.79 Å². The number of amides is 2. The molecule has 2 N–H and O–H groups in total. The van der Waals surface area contributed by atoms with Crippen molar-refractivity contribution >= 4 is 55.3 Å². The van der Waals surface area contributed by atoms with E-state index < -0.39 is 5.91 Å². The van der Waals surface area contributed by atoms with Gasteiger partial charge in [0.1, 0.15) is 5.75 Å². The second kappa shape index (κ2) is 10.6.